The van der Waals surface area contributed by atoms with Gasteiger partial charge in [0.05, 0.1) is 11.5 Å². The fourth-order valence-corrected chi connectivity index (χ4v) is 4.23. The van der Waals surface area contributed by atoms with Crippen LogP contribution < -0.4 is 16.4 Å². The van der Waals surface area contributed by atoms with Crippen LogP contribution in [0.2, 0.25) is 0 Å². The molecule has 0 aromatic heterocycles. The van der Waals surface area contributed by atoms with Gasteiger partial charge in [-0.2, -0.15) is 0 Å². The highest BCUT2D eigenvalue weighted by Gasteiger charge is 2.57. The van der Waals surface area contributed by atoms with Crippen LogP contribution in [0.1, 0.15) is 35.4 Å². The number of likely N-dealkylation sites (tertiary alicyclic amines) is 1. The van der Waals surface area contributed by atoms with Crippen molar-refractivity contribution in [2.45, 2.75) is 43.2 Å². The third-order valence-electron chi connectivity index (χ3n) is 5.83. The van der Waals surface area contributed by atoms with Crippen molar-refractivity contribution < 1.29 is 18.5 Å². The Morgan fingerprint density at radius 2 is 2.19 bits per heavy atom. The van der Waals surface area contributed by atoms with Crippen LogP contribution >= 0.6 is 12.4 Å². The van der Waals surface area contributed by atoms with Crippen molar-refractivity contribution in [1.29, 1.82) is 0 Å². The summed E-state index contributed by atoms with van der Waals surface area (Å²) in [5, 5.41) is 5.25. The summed E-state index contributed by atoms with van der Waals surface area (Å²) in [4.78, 5) is 39.7. The quantitative estimate of drug-likeness (QED) is 0.684. The van der Waals surface area contributed by atoms with E-state index in [1.807, 2.05) is 6.07 Å². The summed E-state index contributed by atoms with van der Waals surface area (Å²) < 4.78 is 22.5. The Morgan fingerprint density at radius 1 is 1.44 bits per heavy atom. The number of carbonyl (C=O) groups is 3. The SMILES string of the molecule is Cl.[2H]C([2H])([2H])N[C@@H](CC1CC1)C(=O)N1C[C@]2(C[C@H]1C(N)=O)C(=O)Nc1ccccc12. The van der Waals surface area contributed by atoms with E-state index in [-0.39, 0.29) is 37.2 Å². The van der Waals surface area contributed by atoms with Crippen molar-refractivity contribution in [3.63, 3.8) is 0 Å². The molecule has 1 aliphatic carbocycles. The molecule has 0 bridgehead atoms. The van der Waals surface area contributed by atoms with Crippen molar-refractivity contribution in [3.05, 3.63) is 29.8 Å². The number of likely N-dealkylation sites (N-methyl/N-ethyl adjacent to an activating group) is 1. The van der Waals surface area contributed by atoms with Crippen molar-refractivity contribution in [1.82, 2.24) is 10.2 Å². The normalized spacial score (nSPS) is 29.2. The first kappa shape index (κ1) is 15.9. The van der Waals surface area contributed by atoms with E-state index in [0.29, 0.717) is 12.1 Å². The van der Waals surface area contributed by atoms with Gasteiger partial charge >= 0.3 is 0 Å². The number of nitrogens with zero attached hydrogens (tertiary/aromatic N) is 1. The fourth-order valence-electron chi connectivity index (χ4n) is 4.23. The van der Waals surface area contributed by atoms with Gasteiger partial charge in [0.25, 0.3) is 0 Å². The molecule has 8 heteroatoms. The number of para-hydroxylation sites is 1. The first-order valence-electron chi connectivity index (χ1n) is 10.4. The van der Waals surface area contributed by atoms with Gasteiger partial charge in [-0.1, -0.05) is 31.0 Å². The lowest BCUT2D eigenvalue weighted by molar-refractivity contribution is -0.139. The minimum atomic E-state index is -2.49. The number of halogens is 1. The zero-order chi connectivity index (χ0) is 21.0. The van der Waals surface area contributed by atoms with Crippen molar-refractivity contribution >= 4 is 35.8 Å². The second-order valence-electron chi connectivity index (χ2n) is 7.55. The van der Waals surface area contributed by atoms with Gasteiger partial charge < -0.3 is 21.3 Å². The van der Waals surface area contributed by atoms with Crippen molar-refractivity contribution in [2.24, 2.45) is 11.7 Å². The zero-order valence-corrected chi connectivity index (χ0v) is 15.6. The summed E-state index contributed by atoms with van der Waals surface area (Å²) in [6.45, 7) is -2.50. The molecule has 2 fully saturated rings. The number of anilines is 1. The summed E-state index contributed by atoms with van der Waals surface area (Å²) in [5.74, 6) is -1.18. The summed E-state index contributed by atoms with van der Waals surface area (Å²) in [6, 6.07) is 5.26. The van der Waals surface area contributed by atoms with E-state index in [4.69, 9.17) is 9.85 Å². The molecule has 2 heterocycles. The van der Waals surface area contributed by atoms with Crippen LogP contribution in [0.5, 0.6) is 0 Å². The van der Waals surface area contributed by atoms with Gasteiger partial charge in [-0.3, -0.25) is 14.4 Å². The largest absolute Gasteiger partial charge is 0.368 e. The lowest BCUT2D eigenvalue weighted by Gasteiger charge is -2.28. The monoisotopic (exact) mass is 395 g/mol. The molecular weight excluding hydrogens is 368 g/mol. The summed E-state index contributed by atoms with van der Waals surface area (Å²) in [7, 11) is 0. The summed E-state index contributed by atoms with van der Waals surface area (Å²) in [5.41, 5.74) is 5.92. The molecule has 2 aliphatic heterocycles. The Hall–Kier alpha value is -2.12. The third kappa shape index (κ3) is 3.19. The predicted octanol–water partition coefficient (Wildman–Crippen LogP) is 0.773. The van der Waals surface area contributed by atoms with Gasteiger partial charge in [0, 0.05) is 16.3 Å². The van der Waals surface area contributed by atoms with Crippen LogP contribution in [0, 0.1) is 5.92 Å². The Balaban J connectivity index is 0.00000256. The summed E-state index contributed by atoms with van der Waals surface area (Å²) in [6.07, 6.45) is 2.37. The number of nitrogens with one attached hydrogen (secondary N) is 2. The predicted molar refractivity (Wildman–Crippen MR) is 103 cm³/mol. The standard InChI is InChI=1S/C19H24N4O3.ClH/c1-21-14(8-11-6-7-11)17(25)23-10-19(9-15(23)16(20)24)12-4-2-3-5-13(12)22-18(19)26;/h2-5,11,14-15,21H,6-10H2,1H3,(H2,20,24)(H,22,26);1H/t14-,15-,19-;/m0./s1/i1D3;. The number of primary amides is 1. The average molecular weight is 396 g/mol. The van der Waals surface area contributed by atoms with Gasteiger partial charge in [0.2, 0.25) is 17.7 Å². The molecule has 7 nitrogen and oxygen atoms in total. The first-order chi connectivity index (χ1) is 13.6. The number of carbonyl (C=O) groups excluding carboxylic acids is 3. The molecule has 1 saturated heterocycles. The minimum absolute atomic E-state index is 0. The van der Waals surface area contributed by atoms with Crippen LogP contribution in [-0.2, 0) is 19.8 Å². The Bertz CT molecular complexity index is 877. The van der Waals surface area contributed by atoms with Gasteiger partial charge in [-0.05, 0) is 37.4 Å². The maximum atomic E-state index is 13.3. The average Bonchev–Trinajstić information content (AvgIpc) is 3.28. The number of rotatable bonds is 5. The lowest BCUT2D eigenvalue weighted by atomic mass is 9.79. The van der Waals surface area contributed by atoms with Gasteiger partial charge in [0.1, 0.15) is 6.04 Å². The van der Waals surface area contributed by atoms with Gasteiger partial charge in [-0.15, -0.1) is 12.4 Å². The van der Waals surface area contributed by atoms with E-state index in [2.05, 4.69) is 10.6 Å². The molecule has 3 amide bonds. The molecule has 0 unspecified atom stereocenters. The van der Waals surface area contributed by atoms with E-state index >= 15 is 0 Å². The Morgan fingerprint density at radius 3 is 2.85 bits per heavy atom. The first-order valence-corrected chi connectivity index (χ1v) is 8.89. The number of nitrogens with two attached hydrogens (primary N) is 1. The van der Waals surface area contributed by atoms with Crippen LogP contribution in [0.15, 0.2) is 24.3 Å². The highest BCUT2D eigenvalue weighted by Crippen LogP contribution is 2.46. The Kier molecular flexibility index (Phi) is 4.19. The second kappa shape index (κ2) is 7.13. The molecule has 27 heavy (non-hydrogen) atoms. The van der Waals surface area contributed by atoms with Crippen LogP contribution in [0.3, 0.4) is 0 Å². The van der Waals surface area contributed by atoms with Crippen LogP contribution in [0.25, 0.3) is 0 Å². The molecular formula is C19H25ClN4O3. The van der Waals surface area contributed by atoms with Crippen LogP contribution in [0.4, 0.5) is 5.69 Å². The molecule has 1 aromatic rings. The van der Waals surface area contributed by atoms with E-state index in [9.17, 15) is 14.4 Å². The number of amides is 3. The van der Waals surface area contributed by atoms with E-state index < -0.39 is 36.3 Å². The van der Waals surface area contributed by atoms with Crippen molar-refractivity contribution in [2.75, 3.05) is 18.8 Å². The molecule has 1 spiro atoms. The molecule has 1 saturated carbocycles. The maximum Gasteiger partial charge on any atom is 0.240 e. The highest BCUT2D eigenvalue weighted by atomic mass is 35.5. The molecule has 4 N–H and O–H groups in total. The topological polar surface area (TPSA) is 105 Å². The fraction of sp³-hybridized carbons (Fsp3) is 0.526. The van der Waals surface area contributed by atoms with Gasteiger partial charge in [0.15, 0.2) is 0 Å². The molecule has 0 radical (unpaired) electrons. The second-order valence-corrected chi connectivity index (χ2v) is 7.55. The van der Waals surface area contributed by atoms with E-state index in [1.165, 1.54) is 4.90 Å². The molecule has 1 aromatic carbocycles. The number of fused-ring (bicyclic) bond motifs is 2. The zero-order valence-electron chi connectivity index (χ0n) is 17.7. The molecule has 4 rings (SSSR count). The van der Waals surface area contributed by atoms with E-state index in [0.717, 1.165) is 18.4 Å². The Labute approximate surface area is 168 Å². The number of hydrogen-bond acceptors (Lipinski definition) is 4. The smallest absolute Gasteiger partial charge is 0.240 e. The highest BCUT2D eigenvalue weighted by molar-refractivity contribution is 6.08. The third-order valence-corrected chi connectivity index (χ3v) is 5.83. The number of benzene rings is 1. The van der Waals surface area contributed by atoms with E-state index in [1.54, 1.807) is 18.2 Å². The molecule has 146 valence electrons. The maximum absolute atomic E-state index is 13.3. The van der Waals surface area contributed by atoms with Crippen LogP contribution in [-0.4, -0.2) is 48.2 Å². The lowest BCUT2D eigenvalue weighted by Crippen LogP contribution is -2.51. The number of hydrogen-bond donors (Lipinski definition) is 3. The summed E-state index contributed by atoms with van der Waals surface area (Å²) >= 11 is 0. The molecule has 3 aliphatic rings. The molecule has 3 atom stereocenters. The minimum Gasteiger partial charge on any atom is -0.368 e. The van der Waals surface area contributed by atoms with Gasteiger partial charge in [-0.25, -0.2) is 0 Å². The van der Waals surface area contributed by atoms with Crippen molar-refractivity contribution in [3.8, 4) is 0 Å².